The molecule has 21 heavy (non-hydrogen) atoms. The van der Waals surface area contributed by atoms with Gasteiger partial charge in [0, 0.05) is 38.9 Å². The lowest BCUT2D eigenvalue weighted by molar-refractivity contribution is -0.126. The van der Waals surface area contributed by atoms with Gasteiger partial charge in [0.05, 0.1) is 13.7 Å². The summed E-state index contributed by atoms with van der Waals surface area (Å²) in [6, 6.07) is 5.57. The largest absolute Gasteiger partial charge is 0.497 e. The monoisotopic (exact) mass is 296 g/mol. The maximum atomic E-state index is 11.6. The highest BCUT2D eigenvalue weighted by Gasteiger charge is 2.15. The van der Waals surface area contributed by atoms with E-state index < -0.39 is 6.10 Å². The molecule has 1 aromatic rings. The number of benzene rings is 1. The van der Waals surface area contributed by atoms with Crippen molar-refractivity contribution in [2.45, 2.75) is 19.6 Å². The molecule has 0 fully saturated rings. The Bertz CT molecular complexity index is 451. The molecule has 1 atom stereocenters. The van der Waals surface area contributed by atoms with Crippen LogP contribution in [0.3, 0.4) is 0 Å². The molecule has 6 heteroatoms. The van der Waals surface area contributed by atoms with Crippen LogP contribution in [0, 0.1) is 0 Å². The van der Waals surface area contributed by atoms with E-state index in [0.717, 1.165) is 12.1 Å². The molecule has 6 nitrogen and oxygen atoms in total. The summed E-state index contributed by atoms with van der Waals surface area (Å²) >= 11 is 0. The summed E-state index contributed by atoms with van der Waals surface area (Å²) < 4.78 is 15.9. The SMILES string of the molecule is CNC(=O)C(C)Oc1cc(OC)ccc1CNCCOC. The zero-order valence-electron chi connectivity index (χ0n) is 13.1. The number of carbonyl (C=O) groups is 1. The van der Waals surface area contributed by atoms with Gasteiger partial charge in [-0.15, -0.1) is 0 Å². The number of hydrogen-bond acceptors (Lipinski definition) is 5. The first-order valence-electron chi connectivity index (χ1n) is 6.87. The minimum atomic E-state index is -0.570. The Balaban J connectivity index is 2.78. The van der Waals surface area contributed by atoms with Gasteiger partial charge < -0.3 is 24.8 Å². The Morgan fingerprint density at radius 3 is 2.71 bits per heavy atom. The number of amides is 1. The van der Waals surface area contributed by atoms with Crippen molar-refractivity contribution in [2.75, 3.05) is 34.4 Å². The van der Waals surface area contributed by atoms with E-state index in [2.05, 4.69) is 10.6 Å². The van der Waals surface area contributed by atoms with Gasteiger partial charge in [-0.25, -0.2) is 0 Å². The fourth-order valence-electron chi connectivity index (χ4n) is 1.76. The molecule has 0 spiro atoms. The molecule has 0 aliphatic rings. The van der Waals surface area contributed by atoms with Crippen LogP contribution in [0.4, 0.5) is 0 Å². The fourth-order valence-corrected chi connectivity index (χ4v) is 1.76. The molecule has 2 N–H and O–H groups in total. The number of nitrogens with one attached hydrogen (secondary N) is 2. The van der Waals surface area contributed by atoms with Crippen LogP contribution >= 0.6 is 0 Å². The second-order valence-electron chi connectivity index (χ2n) is 4.52. The van der Waals surface area contributed by atoms with Crippen molar-refractivity contribution in [3.05, 3.63) is 23.8 Å². The third-order valence-electron chi connectivity index (χ3n) is 2.99. The van der Waals surface area contributed by atoms with Crippen LogP contribution in [-0.2, 0) is 16.1 Å². The average Bonchev–Trinajstić information content (AvgIpc) is 2.51. The Morgan fingerprint density at radius 2 is 2.10 bits per heavy atom. The molecule has 0 saturated heterocycles. The third-order valence-corrected chi connectivity index (χ3v) is 2.99. The van der Waals surface area contributed by atoms with Gasteiger partial charge in [0.2, 0.25) is 0 Å². The second-order valence-corrected chi connectivity index (χ2v) is 4.52. The predicted octanol–water partition coefficient (Wildman–Crippen LogP) is 0.944. The zero-order valence-corrected chi connectivity index (χ0v) is 13.1. The van der Waals surface area contributed by atoms with Crippen molar-refractivity contribution < 1.29 is 19.0 Å². The van der Waals surface area contributed by atoms with Crippen LogP contribution in [-0.4, -0.2) is 46.4 Å². The van der Waals surface area contributed by atoms with Crippen molar-refractivity contribution in [3.8, 4) is 11.5 Å². The number of methoxy groups -OCH3 is 2. The van der Waals surface area contributed by atoms with Crippen LogP contribution in [0.25, 0.3) is 0 Å². The van der Waals surface area contributed by atoms with E-state index in [-0.39, 0.29) is 5.91 Å². The molecule has 0 aliphatic heterocycles. The summed E-state index contributed by atoms with van der Waals surface area (Å²) in [5.41, 5.74) is 0.961. The number of hydrogen-bond donors (Lipinski definition) is 2. The van der Waals surface area contributed by atoms with E-state index in [1.165, 1.54) is 0 Å². The van der Waals surface area contributed by atoms with Crippen molar-refractivity contribution in [1.82, 2.24) is 10.6 Å². The molecular weight excluding hydrogens is 272 g/mol. The normalized spacial score (nSPS) is 11.8. The first kappa shape index (κ1) is 17.3. The Labute approximate surface area is 125 Å². The number of carbonyl (C=O) groups excluding carboxylic acids is 1. The molecule has 1 amide bonds. The minimum absolute atomic E-state index is 0.170. The number of ether oxygens (including phenoxy) is 3. The minimum Gasteiger partial charge on any atom is -0.497 e. The zero-order chi connectivity index (χ0) is 15.7. The molecule has 0 bridgehead atoms. The van der Waals surface area contributed by atoms with Crippen LogP contribution in [0.5, 0.6) is 11.5 Å². The van der Waals surface area contributed by atoms with Gasteiger partial charge >= 0.3 is 0 Å². The van der Waals surface area contributed by atoms with Gasteiger partial charge in [0.15, 0.2) is 6.10 Å². The molecule has 1 rings (SSSR count). The van der Waals surface area contributed by atoms with Crippen LogP contribution < -0.4 is 20.1 Å². The van der Waals surface area contributed by atoms with Gasteiger partial charge in [-0.3, -0.25) is 4.79 Å². The predicted molar refractivity (Wildman–Crippen MR) is 80.7 cm³/mol. The topological polar surface area (TPSA) is 68.8 Å². The van der Waals surface area contributed by atoms with Crippen molar-refractivity contribution in [3.63, 3.8) is 0 Å². The van der Waals surface area contributed by atoms with Gasteiger partial charge in [-0.05, 0) is 13.0 Å². The fraction of sp³-hybridized carbons (Fsp3) is 0.533. The van der Waals surface area contributed by atoms with Crippen molar-refractivity contribution in [1.29, 1.82) is 0 Å². The summed E-state index contributed by atoms with van der Waals surface area (Å²) in [6.07, 6.45) is -0.570. The van der Waals surface area contributed by atoms with Gasteiger partial charge in [0.1, 0.15) is 11.5 Å². The molecule has 1 aromatic carbocycles. The summed E-state index contributed by atoms with van der Waals surface area (Å²) in [4.78, 5) is 11.6. The first-order valence-corrected chi connectivity index (χ1v) is 6.87. The van der Waals surface area contributed by atoms with Crippen LogP contribution in [0.1, 0.15) is 12.5 Å². The highest BCUT2D eigenvalue weighted by atomic mass is 16.5. The smallest absolute Gasteiger partial charge is 0.260 e. The van der Waals surface area contributed by atoms with Crippen LogP contribution in [0.2, 0.25) is 0 Å². The molecule has 118 valence electrons. The average molecular weight is 296 g/mol. The van der Waals surface area contributed by atoms with Crippen LogP contribution in [0.15, 0.2) is 18.2 Å². The molecule has 0 aliphatic carbocycles. The second kappa shape index (κ2) is 9.20. The Kier molecular flexibility index (Phi) is 7.56. The van der Waals surface area contributed by atoms with Crippen molar-refractivity contribution in [2.24, 2.45) is 0 Å². The lowest BCUT2D eigenvalue weighted by Crippen LogP contribution is -2.34. The highest BCUT2D eigenvalue weighted by molar-refractivity contribution is 5.80. The highest BCUT2D eigenvalue weighted by Crippen LogP contribution is 2.25. The summed E-state index contributed by atoms with van der Waals surface area (Å²) in [5, 5.41) is 5.82. The Morgan fingerprint density at radius 1 is 1.33 bits per heavy atom. The Hall–Kier alpha value is -1.79. The number of likely N-dealkylation sites (N-methyl/N-ethyl adjacent to an activating group) is 1. The van der Waals surface area contributed by atoms with E-state index in [0.29, 0.717) is 24.7 Å². The lowest BCUT2D eigenvalue weighted by Gasteiger charge is -2.17. The summed E-state index contributed by atoms with van der Waals surface area (Å²) in [7, 11) is 4.84. The lowest BCUT2D eigenvalue weighted by atomic mass is 10.2. The maximum Gasteiger partial charge on any atom is 0.260 e. The van der Waals surface area contributed by atoms with E-state index in [4.69, 9.17) is 14.2 Å². The molecule has 1 unspecified atom stereocenters. The van der Waals surface area contributed by atoms with E-state index in [1.54, 1.807) is 34.3 Å². The number of rotatable bonds is 9. The van der Waals surface area contributed by atoms with E-state index in [9.17, 15) is 4.79 Å². The van der Waals surface area contributed by atoms with E-state index in [1.807, 2.05) is 12.1 Å². The summed E-state index contributed by atoms with van der Waals surface area (Å²) in [6.45, 7) is 3.72. The molecular formula is C15H24N2O4. The quantitative estimate of drug-likeness (QED) is 0.664. The van der Waals surface area contributed by atoms with Gasteiger partial charge in [-0.1, -0.05) is 6.07 Å². The third kappa shape index (κ3) is 5.61. The standard InChI is InChI=1S/C15H24N2O4/c1-11(15(18)16-2)21-14-9-13(20-4)6-5-12(14)10-17-7-8-19-3/h5-6,9,11,17H,7-8,10H2,1-4H3,(H,16,18). The maximum absolute atomic E-state index is 11.6. The van der Waals surface area contributed by atoms with Crippen molar-refractivity contribution >= 4 is 5.91 Å². The van der Waals surface area contributed by atoms with E-state index >= 15 is 0 Å². The first-order chi connectivity index (χ1) is 10.1. The molecule has 0 saturated carbocycles. The van der Waals surface area contributed by atoms with Gasteiger partial charge in [0.25, 0.3) is 5.91 Å². The van der Waals surface area contributed by atoms with Gasteiger partial charge in [-0.2, -0.15) is 0 Å². The molecule has 0 radical (unpaired) electrons. The molecule has 0 heterocycles. The molecule has 0 aromatic heterocycles. The summed E-state index contributed by atoms with van der Waals surface area (Å²) in [5.74, 6) is 1.15.